The number of quaternary nitrogens is 1. The molecule has 2 nitrogen and oxygen atoms in total. The lowest BCUT2D eigenvalue weighted by Gasteiger charge is -2.25. The topological polar surface area (TPSA) is 33.7 Å². The number of piperidine rings is 1. The van der Waals surface area contributed by atoms with Crippen LogP contribution in [-0.4, -0.2) is 12.3 Å². The predicted molar refractivity (Wildman–Crippen MR) is 54.8 cm³/mol. The van der Waals surface area contributed by atoms with Crippen molar-refractivity contribution in [2.24, 2.45) is 5.92 Å². The van der Waals surface area contributed by atoms with Gasteiger partial charge in [-0.2, -0.15) is 0 Å². The van der Waals surface area contributed by atoms with Gasteiger partial charge in [-0.25, -0.2) is 0 Å². The minimum absolute atomic E-state index is 0.158. The van der Waals surface area contributed by atoms with E-state index in [0.29, 0.717) is 11.8 Å². The second kappa shape index (κ2) is 3.93. The van der Waals surface area contributed by atoms with Gasteiger partial charge in [0.15, 0.2) is 0 Å². The number of carbonyl (C=O) groups excluding carboxylic acids is 1. The third-order valence-electron chi connectivity index (χ3n) is 3.04. The third-order valence-corrected chi connectivity index (χ3v) is 3.04. The van der Waals surface area contributed by atoms with Gasteiger partial charge in [0.2, 0.25) is 0 Å². The zero-order valence-electron chi connectivity index (χ0n) is 8.44. The molecule has 14 heavy (non-hydrogen) atoms. The van der Waals surface area contributed by atoms with Gasteiger partial charge >= 0.3 is 0 Å². The van der Waals surface area contributed by atoms with Crippen LogP contribution in [0.5, 0.6) is 0 Å². The van der Waals surface area contributed by atoms with E-state index in [9.17, 15) is 4.79 Å². The van der Waals surface area contributed by atoms with Crippen LogP contribution in [-0.2, 0) is 4.79 Å². The molecular formula is C12H16NO+. The summed E-state index contributed by atoms with van der Waals surface area (Å²) in [7, 11) is 0. The first-order valence-corrected chi connectivity index (χ1v) is 5.20. The van der Waals surface area contributed by atoms with Gasteiger partial charge in [-0.3, -0.25) is 4.79 Å². The summed E-state index contributed by atoms with van der Waals surface area (Å²) in [6, 6.07) is 10.6. The first-order chi connectivity index (χ1) is 6.79. The van der Waals surface area contributed by atoms with Crippen LogP contribution in [0.2, 0.25) is 0 Å². The largest absolute Gasteiger partial charge is 0.339 e. The molecule has 0 radical (unpaired) electrons. The molecule has 0 amide bonds. The van der Waals surface area contributed by atoms with Crippen molar-refractivity contribution in [3.05, 3.63) is 35.9 Å². The highest BCUT2D eigenvalue weighted by molar-refractivity contribution is 5.81. The average molecular weight is 190 g/mol. The maximum atomic E-state index is 11.6. The molecule has 1 saturated heterocycles. The number of ketones is 1. The van der Waals surface area contributed by atoms with E-state index in [0.717, 1.165) is 13.0 Å². The lowest BCUT2D eigenvalue weighted by atomic mass is 9.87. The van der Waals surface area contributed by atoms with Gasteiger partial charge in [0.1, 0.15) is 11.8 Å². The maximum absolute atomic E-state index is 11.6. The summed E-state index contributed by atoms with van der Waals surface area (Å²) in [5, 5.41) is 2.28. The molecular weight excluding hydrogens is 174 g/mol. The Hall–Kier alpha value is -1.15. The van der Waals surface area contributed by atoms with Gasteiger partial charge in [-0.1, -0.05) is 30.3 Å². The van der Waals surface area contributed by atoms with E-state index < -0.39 is 0 Å². The molecule has 0 aromatic heterocycles. The predicted octanol–water partition coefficient (Wildman–Crippen LogP) is 0.900. The van der Waals surface area contributed by atoms with Gasteiger partial charge in [0, 0.05) is 5.56 Å². The Morgan fingerprint density at radius 1 is 1.29 bits per heavy atom. The average Bonchev–Trinajstić information content (AvgIpc) is 2.23. The van der Waals surface area contributed by atoms with Crippen LogP contribution in [0, 0.1) is 5.92 Å². The van der Waals surface area contributed by atoms with Crippen LogP contribution >= 0.6 is 0 Å². The summed E-state index contributed by atoms with van der Waals surface area (Å²) in [5.41, 5.74) is 1.27. The number of hydrogen-bond donors (Lipinski definition) is 1. The standard InChI is InChI=1S/C12H15NO/c1-9-11(14)7-8-13-12(9)10-5-3-2-4-6-10/h2-6,9,12-13H,7-8H2,1H3/p+1/t9-,12+/m1/s1. The van der Waals surface area contributed by atoms with Crippen LogP contribution in [0.4, 0.5) is 0 Å². The van der Waals surface area contributed by atoms with Crippen molar-refractivity contribution >= 4 is 5.78 Å². The molecule has 1 aromatic rings. The van der Waals surface area contributed by atoms with Crippen LogP contribution < -0.4 is 5.32 Å². The summed E-state index contributed by atoms with van der Waals surface area (Å²) in [5.74, 6) is 0.563. The molecule has 2 atom stereocenters. The van der Waals surface area contributed by atoms with E-state index in [1.807, 2.05) is 25.1 Å². The molecule has 0 spiro atoms. The molecule has 0 unspecified atom stereocenters. The van der Waals surface area contributed by atoms with Crippen molar-refractivity contribution in [1.82, 2.24) is 0 Å². The molecule has 0 saturated carbocycles. The fourth-order valence-electron chi connectivity index (χ4n) is 2.14. The van der Waals surface area contributed by atoms with Crippen LogP contribution in [0.3, 0.4) is 0 Å². The third kappa shape index (κ3) is 1.70. The first kappa shape index (κ1) is 9.41. The fourth-order valence-corrected chi connectivity index (χ4v) is 2.14. The molecule has 1 fully saturated rings. The quantitative estimate of drug-likeness (QED) is 0.701. The zero-order chi connectivity index (χ0) is 9.97. The Bertz CT molecular complexity index is 320. The molecule has 2 N–H and O–H groups in total. The number of nitrogens with two attached hydrogens (primary N) is 1. The van der Waals surface area contributed by atoms with Gasteiger partial charge < -0.3 is 5.32 Å². The summed E-state index contributed by atoms with van der Waals surface area (Å²) >= 11 is 0. The lowest BCUT2D eigenvalue weighted by molar-refractivity contribution is -0.704. The highest BCUT2D eigenvalue weighted by Gasteiger charge is 2.31. The Kier molecular flexibility index (Phi) is 2.64. The minimum Gasteiger partial charge on any atom is -0.339 e. The fraction of sp³-hybridized carbons (Fsp3) is 0.417. The molecule has 0 bridgehead atoms. The van der Waals surface area contributed by atoms with Crippen LogP contribution in [0.15, 0.2) is 30.3 Å². The van der Waals surface area contributed by atoms with Crippen molar-refractivity contribution in [2.45, 2.75) is 19.4 Å². The number of benzene rings is 1. The zero-order valence-corrected chi connectivity index (χ0v) is 8.44. The minimum atomic E-state index is 0.158. The summed E-state index contributed by atoms with van der Waals surface area (Å²) in [4.78, 5) is 11.6. The van der Waals surface area contributed by atoms with Crippen molar-refractivity contribution in [2.75, 3.05) is 6.54 Å². The molecule has 74 valence electrons. The van der Waals surface area contributed by atoms with E-state index in [1.165, 1.54) is 5.56 Å². The Morgan fingerprint density at radius 3 is 2.71 bits per heavy atom. The van der Waals surface area contributed by atoms with Gasteiger partial charge in [-0.15, -0.1) is 0 Å². The lowest BCUT2D eigenvalue weighted by Crippen LogP contribution is -2.89. The van der Waals surface area contributed by atoms with Crippen molar-refractivity contribution in [3.8, 4) is 0 Å². The SMILES string of the molecule is C[C@@H]1C(=O)CC[NH2+][C@@H]1c1ccccc1. The number of Topliss-reactive ketones (excluding diaryl/α,β-unsaturated/α-hetero) is 1. The van der Waals surface area contributed by atoms with Gasteiger partial charge in [-0.05, 0) is 6.92 Å². The highest BCUT2D eigenvalue weighted by atomic mass is 16.1. The molecule has 2 heteroatoms. The van der Waals surface area contributed by atoms with E-state index in [2.05, 4.69) is 17.4 Å². The number of carbonyl (C=O) groups is 1. The van der Waals surface area contributed by atoms with Crippen molar-refractivity contribution < 1.29 is 10.1 Å². The van der Waals surface area contributed by atoms with E-state index in [4.69, 9.17) is 0 Å². The van der Waals surface area contributed by atoms with Crippen LogP contribution in [0.25, 0.3) is 0 Å². The van der Waals surface area contributed by atoms with Crippen molar-refractivity contribution in [3.63, 3.8) is 0 Å². The van der Waals surface area contributed by atoms with Gasteiger partial charge in [0.05, 0.1) is 18.9 Å². The molecule has 1 aromatic carbocycles. The smallest absolute Gasteiger partial charge is 0.147 e. The molecule has 1 aliphatic rings. The summed E-state index contributed by atoms with van der Waals surface area (Å²) < 4.78 is 0. The summed E-state index contributed by atoms with van der Waals surface area (Å²) in [6.07, 6.45) is 0.727. The number of rotatable bonds is 1. The first-order valence-electron chi connectivity index (χ1n) is 5.20. The molecule has 0 aliphatic carbocycles. The number of hydrogen-bond acceptors (Lipinski definition) is 1. The Balaban J connectivity index is 2.22. The Labute approximate surface area is 84.3 Å². The van der Waals surface area contributed by atoms with E-state index in [1.54, 1.807) is 0 Å². The second-order valence-corrected chi connectivity index (χ2v) is 3.97. The van der Waals surface area contributed by atoms with E-state index in [-0.39, 0.29) is 5.92 Å². The van der Waals surface area contributed by atoms with Gasteiger partial charge in [0.25, 0.3) is 0 Å². The molecule has 1 aliphatic heterocycles. The normalized spacial score (nSPS) is 27.6. The van der Waals surface area contributed by atoms with Crippen LogP contribution in [0.1, 0.15) is 24.9 Å². The van der Waals surface area contributed by atoms with E-state index >= 15 is 0 Å². The second-order valence-electron chi connectivity index (χ2n) is 3.97. The molecule has 2 rings (SSSR count). The monoisotopic (exact) mass is 190 g/mol. The highest BCUT2D eigenvalue weighted by Crippen LogP contribution is 2.21. The van der Waals surface area contributed by atoms with Crippen molar-refractivity contribution in [1.29, 1.82) is 0 Å². The summed E-state index contributed by atoms with van der Waals surface area (Å²) in [6.45, 7) is 2.97. The Morgan fingerprint density at radius 2 is 2.00 bits per heavy atom. The molecule has 1 heterocycles. The maximum Gasteiger partial charge on any atom is 0.147 e.